The molecular weight excluding hydrogens is 212 g/mol. The smallest absolute Gasteiger partial charge is 0.236 e. The Morgan fingerprint density at radius 3 is 2.87 bits per heavy atom. The van der Waals surface area contributed by atoms with Crippen molar-refractivity contribution in [3.8, 4) is 0 Å². The zero-order valence-corrected chi connectivity index (χ0v) is 10.3. The molecule has 1 aromatic heterocycles. The van der Waals surface area contributed by atoms with Gasteiger partial charge in [-0.1, -0.05) is 19.0 Å². The summed E-state index contributed by atoms with van der Waals surface area (Å²) in [5.41, 5.74) is 0. The van der Waals surface area contributed by atoms with Crippen molar-refractivity contribution < 1.29 is 9.26 Å². The highest BCUT2D eigenvalue weighted by molar-refractivity contribution is 7.98. The molecule has 86 valence electrons. The van der Waals surface area contributed by atoms with Gasteiger partial charge in [0.25, 0.3) is 0 Å². The quantitative estimate of drug-likeness (QED) is 0.673. The van der Waals surface area contributed by atoms with Gasteiger partial charge in [-0.05, 0) is 12.8 Å². The lowest BCUT2D eigenvalue weighted by atomic mass is 10.2. The van der Waals surface area contributed by atoms with Crippen molar-refractivity contribution in [2.75, 3.05) is 19.0 Å². The lowest BCUT2D eigenvalue weighted by Gasteiger charge is -2.05. The van der Waals surface area contributed by atoms with Crippen molar-refractivity contribution in [1.82, 2.24) is 10.1 Å². The molecule has 0 unspecified atom stereocenters. The monoisotopic (exact) mass is 230 g/mol. The number of hydrogen-bond donors (Lipinski definition) is 0. The van der Waals surface area contributed by atoms with E-state index >= 15 is 0 Å². The molecule has 4 nitrogen and oxygen atoms in total. The van der Waals surface area contributed by atoms with Crippen LogP contribution in [-0.2, 0) is 10.5 Å². The van der Waals surface area contributed by atoms with E-state index in [0.29, 0.717) is 17.6 Å². The molecule has 15 heavy (non-hydrogen) atoms. The minimum atomic E-state index is 0.605. The van der Waals surface area contributed by atoms with Gasteiger partial charge in [-0.25, -0.2) is 0 Å². The third-order valence-electron chi connectivity index (χ3n) is 1.62. The maximum Gasteiger partial charge on any atom is 0.236 e. The molecule has 0 amide bonds. The van der Waals surface area contributed by atoms with E-state index in [1.807, 2.05) is 6.92 Å². The molecule has 0 aliphatic rings. The van der Waals surface area contributed by atoms with Crippen molar-refractivity contribution in [3.05, 3.63) is 11.7 Å². The topological polar surface area (TPSA) is 48.2 Å². The summed E-state index contributed by atoms with van der Waals surface area (Å²) in [6.45, 7) is 7.74. The lowest BCUT2D eigenvalue weighted by molar-refractivity contribution is 0.124. The second-order valence-corrected chi connectivity index (χ2v) is 4.86. The summed E-state index contributed by atoms with van der Waals surface area (Å²) in [5, 5.41) is 3.72. The Morgan fingerprint density at radius 1 is 1.47 bits per heavy atom. The fourth-order valence-electron chi connectivity index (χ4n) is 0.995. The van der Waals surface area contributed by atoms with Gasteiger partial charge in [-0.15, -0.1) is 11.8 Å². The second-order valence-electron chi connectivity index (χ2n) is 3.76. The number of nitrogens with zero attached hydrogens (tertiary/aromatic N) is 2. The third kappa shape index (κ3) is 5.79. The Hall–Kier alpha value is -0.550. The van der Waals surface area contributed by atoms with Gasteiger partial charge in [-0.3, -0.25) is 0 Å². The number of thioether (sulfide) groups is 1. The van der Waals surface area contributed by atoms with Crippen molar-refractivity contribution in [2.45, 2.75) is 26.5 Å². The number of rotatable bonds is 7. The molecule has 0 N–H and O–H groups in total. The predicted molar refractivity (Wildman–Crippen MR) is 60.9 cm³/mol. The van der Waals surface area contributed by atoms with Gasteiger partial charge >= 0.3 is 0 Å². The zero-order chi connectivity index (χ0) is 11.1. The first-order valence-corrected chi connectivity index (χ1v) is 6.28. The highest BCUT2D eigenvalue weighted by Gasteiger charge is 2.02. The number of hydrogen-bond acceptors (Lipinski definition) is 5. The van der Waals surface area contributed by atoms with Crippen LogP contribution in [0.4, 0.5) is 0 Å². The van der Waals surface area contributed by atoms with E-state index in [1.54, 1.807) is 11.8 Å². The van der Waals surface area contributed by atoms with Crippen LogP contribution < -0.4 is 0 Å². The highest BCUT2D eigenvalue weighted by Crippen LogP contribution is 2.09. The first-order valence-electron chi connectivity index (χ1n) is 5.13. The van der Waals surface area contributed by atoms with Gasteiger partial charge in [0.2, 0.25) is 5.89 Å². The van der Waals surface area contributed by atoms with Crippen LogP contribution in [0.3, 0.4) is 0 Å². The van der Waals surface area contributed by atoms with E-state index in [2.05, 4.69) is 24.0 Å². The Morgan fingerprint density at radius 2 is 2.27 bits per heavy atom. The zero-order valence-electron chi connectivity index (χ0n) is 9.52. The normalized spacial score (nSPS) is 11.2. The second kappa shape index (κ2) is 6.85. The van der Waals surface area contributed by atoms with Crippen molar-refractivity contribution in [3.63, 3.8) is 0 Å². The molecule has 0 radical (unpaired) electrons. The van der Waals surface area contributed by atoms with Gasteiger partial charge in [0, 0.05) is 12.4 Å². The van der Waals surface area contributed by atoms with Gasteiger partial charge in [0.15, 0.2) is 5.82 Å². The maximum atomic E-state index is 5.45. The summed E-state index contributed by atoms with van der Waals surface area (Å²) in [5.74, 6) is 3.73. The van der Waals surface area contributed by atoms with Crippen LogP contribution in [0, 0.1) is 12.8 Å². The molecule has 1 rings (SSSR count). The average molecular weight is 230 g/mol. The van der Waals surface area contributed by atoms with Gasteiger partial charge < -0.3 is 9.26 Å². The van der Waals surface area contributed by atoms with Crippen molar-refractivity contribution in [1.29, 1.82) is 0 Å². The number of ether oxygens (including phenoxy) is 1. The molecule has 1 aromatic rings. The van der Waals surface area contributed by atoms with Gasteiger partial charge in [-0.2, -0.15) is 4.98 Å². The molecular formula is C10H18N2O2S. The molecule has 0 bridgehead atoms. The van der Waals surface area contributed by atoms with Crippen molar-refractivity contribution in [2.24, 2.45) is 5.92 Å². The predicted octanol–water partition coefficient (Wildman–Crippen LogP) is 2.28. The molecule has 0 atom stereocenters. The average Bonchev–Trinajstić information content (AvgIpc) is 2.57. The summed E-state index contributed by atoms with van der Waals surface area (Å²) in [4.78, 5) is 4.12. The van der Waals surface area contributed by atoms with E-state index in [9.17, 15) is 0 Å². The molecule has 1 heterocycles. The molecule has 0 spiro atoms. The van der Waals surface area contributed by atoms with E-state index < -0.39 is 0 Å². The Labute approximate surface area is 94.8 Å². The first-order chi connectivity index (χ1) is 7.18. The van der Waals surface area contributed by atoms with Crippen LogP contribution in [0.1, 0.15) is 25.6 Å². The van der Waals surface area contributed by atoms with Crippen LogP contribution in [-0.4, -0.2) is 29.1 Å². The molecule has 5 heteroatoms. The van der Waals surface area contributed by atoms with Crippen LogP contribution in [0.25, 0.3) is 0 Å². The molecule has 0 aliphatic carbocycles. The summed E-state index contributed by atoms with van der Waals surface area (Å²) in [7, 11) is 0. The van der Waals surface area contributed by atoms with Crippen molar-refractivity contribution >= 4 is 11.8 Å². The van der Waals surface area contributed by atoms with Crippen LogP contribution in [0.5, 0.6) is 0 Å². The highest BCUT2D eigenvalue weighted by atomic mass is 32.2. The largest absolute Gasteiger partial charge is 0.380 e. The number of aryl methyl sites for hydroxylation is 1. The molecule has 0 aromatic carbocycles. The summed E-state index contributed by atoms with van der Waals surface area (Å²) < 4.78 is 10.4. The summed E-state index contributed by atoms with van der Waals surface area (Å²) >= 11 is 1.75. The fourth-order valence-corrected chi connectivity index (χ4v) is 1.67. The standard InChI is InChI=1S/C10H18N2O2S/c1-8(2)6-13-4-5-15-7-10-11-9(3)12-14-10/h8H,4-7H2,1-3H3. The van der Waals surface area contributed by atoms with Gasteiger partial charge in [0.1, 0.15) is 0 Å². The SMILES string of the molecule is Cc1noc(CSCCOCC(C)C)n1. The molecule has 0 aliphatic heterocycles. The van der Waals surface area contributed by atoms with Gasteiger partial charge in [0.05, 0.1) is 12.4 Å². The van der Waals surface area contributed by atoms with E-state index in [0.717, 1.165) is 24.7 Å². The lowest BCUT2D eigenvalue weighted by Crippen LogP contribution is -2.04. The Balaban J connectivity index is 1.98. The van der Waals surface area contributed by atoms with E-state index in [4.69, 9.17) is 9.26 Å². The minimum Gasteiger partial charge on any atom is -0.380 e. The van der Waals surface area contributed by atoms with Crippen LogP contribution >= 0.6 is 11.8 Å². The molecule has 0 saturated heterocycles. The Bertz CT molecular complexity index is 276. The third-order valence-corrected chi connectivity index (χ3v) is 2.52. The van der Waals surface area contributed by atoms with Crippen LogP contribution in [0.2, 0.25) is 0 Å². The molecule has 0 fully saturated rings. The fraction of sp³-hybridized carbons (Fsp3) is 0.800. The first kappa shape index (κ1) is 12.5. The minimum absolute atomic E-state index is 0.605. The van der Waals surface area contributed by atoms with E-state index in [1.165, 1.54) is 0 Å². The summed E-state index contributed by atoms with van der Waals surface area (Å²) in [6, 6.07) is 0. The molecule has 0 saturated carbocycles. The Kier molecular flexibility index (Phi) is 5.71. The summed E-state index contributed by atoms with van der Waals surface area (Å²) in [6.07, 6.45) is 0. The maximum absolute atomic E-state index is 5.45. The number of aromatic nitrogens is 2. The van der Waals surface area contributed by atoms with Crippen LogP contribution in [0.15, 0.2) is 4.52 Å². The van der Waals surface area contributed by atoms with E-state index in [-0.39, 0.29) is 0 Å².